The molecule has 1 heterocycles. The lowest BCUT2D eigenvalue weighted by Gasteiger charge is -2.38. The third-order valence-electron chi connectivity index (χ3n) is 3.84. The van der Waals surface area contributed by atoms with E-state index in [1.807, 2.05) is 6.07 Å². The van der Waals surface area contributed by atoms with E-state index in [0.29, 0.717) is 6.04 Å². The highest BCUT2D eigenvalue weighted by atomic mass is 79.9. The van der Waals surface area contributed by atoms with Crippen molar-refractivity contribution >= 4 is 31.8 Å². The number of rotatable bonds is 7. The molecule has 0 aliphatic heterocycles. The minimum atomic E-state index is -3.40. The molecule has 118 valence electrons. The fourth-order valence-electron chi connectivity index (χ4n) is 2.32. The third-order valence-corrected chi connectivity index (χ3v) is 6.20. The van der Waals surface area contributed by atoms with Gasteiger partial charge in [0.05, 0.1) is 0 Å². The van der Waals surface area contributed by atoms with E-state index in [1.54, 1.807) is 6.07 Å². The molecule has 1 aromatic rings. The van der Waals surface area contributed by atoms with Gasteiger partial charge in [0, 0.05) is 38.2 Å². The van der Waals surface area contributed by atoms with Crippen molar-refractivity contribution in [2.75, 3.05) is 30.9 Å². The van der Waals surface area contributed by atoms with E-state index in [4.69, 9.17) is 0 Å². The van der Waals surface area contributed by atoms with Crippen LogP contribution in [0.3, 0.4) is 0 Å². The number of anilines is 1. The zero-order valence-electron chi connectivity index (χ0n) is 12.5. The summed E-state index contributed by atoms with van der Waals surface area (Å²) in [5, 5.41) is 0.962. The molecule has 5 nitrogen and oxygen atoms in total. The second-order valence-electron chi connectivity index (χ2n) is 5.46. The number of hydrogen-bond acceptors (Lipinski definition) is 4. The summed E-state index contributed by atoms with van der Waals surface area (Å²) in [4.78, 5) is 6.93. The van der Waals surface area contributed by atoms with E-state index in [1.165, 1.54) is 43.9 Å². The minimum absolute atomic E-state index is 0.241. The van der Waals surface area contributed by atoms with Crippen LogP contribution >= 0.6 is 15.9 Å². The van der Waals surface area contributed by atoms with Gasteiger partial charge in [-0.15, -0.1) is 0 Å². The molecule has 0 aromatic carbocycles. The van der Waals surface area contributed by atoms with Gasteiger partial charge in [0.25, 0.3) is 0 Å². The zero-order valence-corrected chi connectivity index (χ0v) is 14.9. The molecule has 1 aliphatic carbocycles. The Bertz CT molecular complexity index is 556. The largest absolute Gasteiger partial charge is 0.354 e. The van der Waals surface area contributed by atoms with Gasteiger partial charge >= 0.3 is 0 Å². The molecule has 21 heavy (non-hydrogen) atoms. The van der Waals surface area contributed by atoms with E-state index in [-0.39, 0.29) is 4.90 Å². The molecule has 0 atom stereocenters. The molecule has 7 heteroatoms. The maximum atomic E-state index is 12.1. The molecular weight excluding hydrogens is 354 g/mol. The van der Waals surface area contributed by atoms with Gasteiger partial charge in [0.2, 0.25) is 10.0 Å². The molecule has 0 unspecified atom stereocenters. The van der Waals surface area contributed by atoms with Gasteiger partial charge in [0.1, 0.15) is 10.7 Å². The summed E-state index contributed by atoms with van der Waals surface area (Å²) >= 11 is 3.46. The predicted octanol–water partition coefficient (Wildman–Crippen LogP) is 2.48. The summed E-state index contributed by atoms with van der Waals surface area (Å²) in [5.41, 5.74) is 0. The Morgan fingerprint density at radius 3 is 2.48 bits per heavy atom. The summed E-state index contributed by atoms with van der Waals surface area (Å²) in [5.74, 6) is 0.873. The highest BCUT2D eigenvalue weighted by molar-refractivity contribution is 9.09. The van der Waals surface area contributed by atoms with Gasteiger partial charge in [0.15, 0.2) is 0 Å². The monoisotopic (exact) mass is 375 g/mol. The molecule has 0 bridgehead atoms. The number of alkyl halides is 1. The predicted molar refractivity (Wildman–Crippen MR) is 88.5 cm³/mol. The molecule has 0 spiro atoms. The van der Waals surface area contributed by atoms with E-state index in [9.17, 15) is 8.42 Å². The van der Waals surface area contributed by atoms with E-state index in [0.717, 1.165) is 24.1 Å². The SMILES string of the molecule is CN(C)S(=O)(=O)c1ccc(N(CCCBr)C2CCC2)nc1. The van der Waals surface area contributed by atoms with Crippen LogP contribution < -0.4 is 4.90 Å². The number of pyridine rings is 1. The molecule has 1 fully saturated rings. The minimum Gasteiger partial charge on any atom is -0.354 e. The summed E-state index contributed by atoms with van der Waals surface area (Å²) in [7, 11) is -0.348. The Hall–Kier alpha value is -0.660. The van der Waals surface area contributed by atoms with Crippen molar-refractivity contribution in [2.45, 2.75) is 36.6 Å². The van der Waals surface area contributed by atoms with E-state index >= 15 is 0 Å². The smallest absolute Gasteiger partial charge is 0.244 e. The standard InChI is InChI=1S/C14H22BrN3O2S/c1-17(2)21(19,20)13-7-8-14(16-11-13)18(10-4-9-15)12-5-3-6-12/h7-8,11-12H,3-6,9-10H2,1-2H3. The highest BCUT2D eigenvalue weighted by Crippen LogP contribution is 2.29. The van der Waals surface area contributed by atoms with Crippen LogP contribution in [0, 0.1) is 0 Å². The maximum absolute atomic E-state index is 12.1. The average molecular weight is 376 g/mol. The molecule has 1 saturated carbocycles. The van der Waals surface area contributed by atoms with Crippen molar-refractivity contribution < 1.29 is 8.42 Å². The fourth-order valence-corrected chi connectivity index (χ4v) is 3.42. The van der Waals surface area contributed by atoms with Crippen molar-refractivity contribution in [3.63, 3.8) is 0 Å². The quantitative estimate of drug-likeness (QED) is 0.686. The lowest BCUT2D eigenvalue weighted by Crippen LogP contribution is -2.41. The summed E-state index contributed by atoms with van der Waals surface area (Å²) < 4.78 is 25.3. The van der Waals surface area contributed by atoms with Crippen molar-refractivity contribution in [3.8, 4) is 0 Å². The van der Waals surface area contributed by atoms with Crippen molar-refractivity contribution in [2.24, 2.45) is 0 Å². The number of sulfonamides is 1. The highest BCUT2D eigenvalue weighted by Gasteiger charge is 2.26. The lowest BCUT2D eigenvalue weighted by molar-refractivity contribution is 0.384. The number of aromatic nitrogens is 1. The fraction of sp³-hybridized carbons (Fsp3) is 0.643. The molecule has 2 rings (SSSR count). The topological polar surface area (TPSA) is 53.5 Å². The van der Waals surface area contributed by atoms with Gasteiger partial charge < -0.3 is 4.90 Å². The van der Waals surface area contributed by atoms with Crippen LogP contribution in [0.25, 0.3) is 0 Å². The molecule has 0 amide bonds. The van der Waals surface area contributed by atoms with Gasteiger partial charge in [-0.05, 0) is 37.8 Å². The van der Waals surface area contributed by atoms with Crippen LogP contribution in [0.1, 0.15) is 25.7 Å². The van der Waals surface area contributed by atoms with Gasteiger partial charge in [-0.2, -0.15) is 0 Å². The number of nitrogens with zero attached hydrogens (tertiary/aromatic N) is 3. The first-order chi connectivity index (χ1) is 9.96. The van der Waals surface area contributed by atoms with Gasteiger partial charge in [-0.25, -0.2) is 17.7 Å². The molecule has 0 radical (unpaired) electrons. The first-order valence-electron chi connectivity index (χ1n) is 7.18. The van der Waals surface area contributed by atoms with Crippen LogP contribution in [0.2, 0.25) is 0 Å². The number of hydrogen-bond donors (Lipinski definition) is 0. The van der Waals surface area contributed by atoms with Gasteiger partial charge in [-0.3, -0.25) is 0 Å². The van der Waals surface area contributed by atoms with Crippen molar-refractivity contribution in [3.05, 3.63) is 18.3 Å². The van der Waals surface area contributed by atoms with Crippen LogP contribution in [-0.2, 0) is 10.0 Å². The molecule has 0 saturated heterocycles. The van der Waals surface area contributed by atoms with Crippen LogP contribution in [-0.4, -0.2) is 49.7 Å². The number of halogens is 1. The van der Waals surface area contributed by atoms with Crippen molar-refractivity contribution in [1.29, 1.82) is 0 Å². The first-order valence-corrected chi connectivity index (χ1v) is 9.74. The first kappa shape index (κ1) is 16.7. The average Bonchev–Trinajstić information content (AvgIpc) is 2.41. The summed E-state index contributed by atoms with van der Waals surface area (Å²) in [6, 6.07) is 4.02. The Kier molecular flexibility index (Phi) is 5.62. The summed E-state index contributed by atoms with van der Waals surface area (Å²) in [6.07, 6.45) is 6.17. The van der Waals surface area contributed by atoms with Crippen molar-refractivity contribution in [1.82, 2.24) is 9.29 Å². The molecular formula is C14H22BrN3O2S. The van der Waals surface area contributed by atoms with Crippen LogP contribution in [0.5, 0.6) is 0 Å². The second-order valence-corrected chi connectivity index (χ2v) is 8.41. The Balaban J connectivity index is 2.19. The Morgan fingerprint density at radius 1 is 1.33 bits per heavy atom. The van der Waals surface area contributed by atoms with Gasteiger partial charge in [-0.1, -0.05) is 15.9 Å². The van der Waals surface area contributed by atoms with E-state index < -0.39 is 10.0 Å². The second kappa shape index (κ2) is 7.07. The third kappa shape index (κ3) is 3.76. The van der Waals surface area contributed by atoms with E-state index in [2.05, 4.69) is 25.8 Å². The maximum Gasteiger partial charge on any atom is 0.244 e. The Morgan fingerprint density at radius 2 is 2.05 bits per heavy atom. The summed E-state index contributed by atoms with van der Waals surface area (Å²) in [6.45, 7) is 0.947. The van der Waals surface area contributed by atoms with Crippen LogP contribution in [0.4, 0.5) is 5.82 Å². The molecule has 0 N–H and O–H groups in total. The molecule has 1 aromatic heterocycles. The van der Waals surface area contributed by atoms with Crippen LogP contribution in [0.15, 0.2) is 23.2 Å². The molecule has 1 aliphatic rings. The Labute approximate surface area is 135 Å². The zero-order chi connectivity index (χ0) is 15.5. The lowest BCUT2D eigenvalue weighted by atomic mass is 9.91. The normalized spacial score (nSPS) is 16.0.